The summed E-state index contributed by atoms with van der Waals surface area (Å²) in [6.45, 7) is 6.42. The maximum absolute atomic E-state index is 12.8. The minimum absolute atomic E-state index is 0.0973. The minimum atomic E-state index is -0.803. The van der Waals surface area contributed by atoms with Crippen molar-refractivity contribution in [1.82, 2.24) is 0 Å². The smallest absolute Gasteiger partial charge is 0.306 e. The van der Waals surface area contributed by atoms with E-state index in [0.717, 1.165) is 83.5 Å². The second-order valence-corrected chi connectivity index (χ2v) is 17.1. The van der Waals surface area contributed by atoms with Gasteiger partial charge in [-0.25, -0.2) is 0 Å². The average Bonchev–Trinajstić information content (AvgIpc) is 3.28. The third kappa shape index (κ3) is 49.5. The van der Waals surface area contributed by atoms with Gasteiger partial charge in [-0.05, 0) is 77.0 Å². The van der Waals surface area contributed by atoms with E-state index >= 15 is 0 Å². The van der Waals surface area contributed by atoms with Crippen LogP contribution < -0.4 is 0 Å². The summed E-state index contributed by atoms with van der Waals surface area (Å²) in [4.78, 5) is 38.0. The minimum Gasteiger partial charge on any atom is -0.462 e. The van der Waals surface area contributed by atoms with E-state index in [1.54, 1.807) is 0 Å². The van der Waals surface area contributed by atoms with Crippen molar-refractivity contribution in [1.29, 1.82) is 0 Å². The maximum atomic E-state index is 12.8. The molecule has 0 spiro atoms. The quantitative estimate of drug-likeness (QED) is 0.0199. The summed E-state index contributed by atoms with van der Waals surface area (Å²) in [5.74, 6) is -0.967. The highest BCUT2D eigenvalue weighted by Crippen LogP contribution is 2.15. The van der Waals surface area contributed by atoms with Gasteiger partial charge in [0.25, 0.3) is 0 Å². The summed E-state index contributed by atoms with van der Waals surface area (Å²) in [5.41, 5.74) is 0. The van der Waals surface area contributed by atoms with Gasteiger partial charge in [-0.1, -0.05) is 228 Å². The molecule has 0 saturated heterocycles. The molecule has 0 saturated carbocycles. The van der Waals surface area contributed by atoms with Gasteiger partial charge in [-0.15, -0.1) is 0 Å². The van der Waals surface area contributed by atoms with Crippen LogP contribution in [0.1, 0.15) is 239 Å². The van der Waals surface area contributed by atoms with E-state index in [9.17, 15) is 14.4 Å². The Labute approximate surface area is 388 Å². The van der Waals surface area contributed by atoms with Crippen molar-refractivity contribution < 1.29 is 28.6 Å². The van der Waals surface area contributed by atoms with Crippen LogP contribution in [-0.4, -0.2) is 37.2 Å². The van der Waals surface area contributed by atoms with E-state index in [0.29, 0.717) is 19.3 Å². The number of ether oxygens (including phenoxy) is 3. The van der Waals surface area contributed by atoms with Crippen molar-refractivity contribution in [3.63, 3.8) is 0 Å². The van der Waals surface area contributed by atoms with Crippen LogP contribution >= 0.6 is 0 Å². The molecular weight excluding hydrogens is 781 g/mol. The van der Waals surface area contributed by atoms with Crippen molar-refractivity contribution in [2.45, 2.75) is 245 Å². The first-order chi connectivity index (χ1) is 31.0. The summed E-state index contributed by atoms with van der Waals surface area (Å²) in [6.07, 6.45) is 65.7. The summed E-state index contributed by atoms with van der Waals surface area (Å²) < 4.78 is 16.7. The molecule has 0 fully saturated rings. The third-order valence-corrected chi connectivity index (χ3v) is 10.9. The Kier molecular flexibility index (Phi) is 48.5. The van der Waals surface area contributed by atoms with Crippen LogP contribution in [0, 0.1) is 0 Å². The lowest BCUT2D eigenvalue weighted by atomic mass is 10.0. The number of carbonyl (C=O) groups excluding carboxylic acids is 3. The van der Waals surface area contributed by atoms with E-state index in [-0.39, 0.29) is 37.5 Å². The fourth-order valence-corrected chi connectivity index (χ4v) is 7.02. The van der Waals surface area contributed by atoms with E-state index < -0.39 is 6.10 Å². The van der Waals surface area contributed by atoms with Gasteiger partial charge in [-0.2, -0.15) is 0 Å². The van der Waals surface area contributed by atoms with Gasteiger partial charge in [0.15, 0.2) is 6.10 Å². The van der Waals surface area contributed by atoms with Crippen LogP contribution in [0.15, 0.2) is 85.1 Å². The number of esters is 3. The molecule has 0 bridgehead atoms. The fraction of sp³-hybridized carbons (Fsp3) is 0.702. The molecule has 6 heteroatoms. The van der Waals surface area contributed by atoms with Crippen LogP contribution in [-0.2, 0) is 28.6 Å². The Balaban J connectivity index is 4.49. The zero-order valence-corrected chi connectivity index (χ0v) is 41.1. The van der Waals surface area contributed by atoms with Crippen LogP contribution in [0.3, 0.4) is 0 Å². The zero-order valence-electron chi connectivity index (χ0n) is 41.1. The summed E-state index contributed by atoms with van der Waals surface area (Å²) in [5, 5.41) is 0. The van der Waals surface area contributed by atoms with Gasteiger partial charge in [0.05, 0.1) is 0 Å². The first kappa shape index (κ1) is 59.6. The lowest BCUT2D eigenvalue weighted by Gasteiger charge is -2.18. The van der Waals surface area contributed by atoms with Crippen molar-refractivity contribution >= 4 is 17.9 Å². The van der Waals surface area contributed by atoms with E-state index in [1.165, 1.54) is 109 Å². The molecule has 0 aliphatic heterocycles. The predicted molar refractivity (Wildman–Crippen MR) is 270 cm³/mol. The summed E-state index contributed by atoms with van der Waals surface area (Å²) in [6, 6.07) is 0. The molecule has 0 aliphatic rings. The Bertz CT molecular complexity index is 1240. The lowest BCUT2D eigenvalue weighted by Crippen LogP contribution is -2.30. The summed E-state index contributed by atoms with van der Waals surface area (Å²) >= 11 is 0. The van der Waals surface area contributed by atoms with Gasteiger partial charge in [0.1, 0.15) is 13.2 Å². The van der Waals surface area contributed by atoms with Gasteiger partial charge in [-0.3, -0.25) is 14.4 Å². The molecule has 0 aromatic rings. The second-order valence-electron chi connectivity index (χ2n) is 17.1. The van der Waals surface area contributed by atoms with Crippen LogP contribution in [0.5, 0.6) is 0 Å². The number of hydrogen-bond donors (Lipinski definition) is 0. The molecular formula is C57H96O6. The van der Waals surface area contributed by atoms with Gasteiger partial charge in [0.2, 0.25) is 0 Å². The largest absolute Gasteiger partial charge is 0.462 e. The van der Waals surface area contributed by atoms with Gasteiger partial charge < -0.3 is 14.2 Å². The monoisotopic (exact) mass is 877 g/mol. The molecule has 63 heavy (non-hydrogen) atoms. The normalized spacial score (nSPS) is 12.7. The number of rotatable bonds is 46. The molecule has 0 aromatic heterocycles. The van der Waals surface area contributed by atoms with Crippen LogP contribution in [0.4, 0.5) is 0 Å². The molecule has 0 aromatic carbocycles. The molecule has 0 heterocycles. The Morgan fingerprint density at radius 2 is 0.698 bits per heavy atom. The van der Waals surface area contributed by atoms with Crippen molar-refractivity contribution in [3.05, 3.63) is 85.1 Å². The average molecular weight is 877 g/mol. The fourth-order valence-electron chi connectivity index (χ4n) is 7.02. The molecule has 1 atom stereocenters. The highest BCUT2D eigenvalue weighted by atomic mass is 16.6. The highest BCUT2D eigenvalue weighted by molar-refractivity contribution is 5.71. The van der Waals surface area contributed by atoms with E-state index in [4.69, 9.17) is 14.2 Å². The molecule has 360 valence electrons. The van der Waals surface area contributed by atoms with E-state index in [1.807, 2.05) is 0 Å². The molecule has 0 rings (SSSR count). The second kappa shape index (κ2) is 51.2. The Morgan fingerprint density at radius 1 is 0.349 bits per heavy atom. The first-order valence-electron chi connectivity index (χ1n) is 26.1. The molecule has 0 amide bonds. The number of allylic oxidation sites excluding steroid dienone is 14. The predicted octanol–water partition coefficient (Wildman–Crippen LogP) is 17.2. The summed E-state index contributed by atoms with van der Waals surface area (Å²) in [7, 11) is 0. The lowest BCUT2D eigenvalue weighted by molar-refractivity contribution is -0.167. The molecule has 0 N–H and O–H groups in total. The number of carbonyl (C=O) groups is 3. The molecule has 0 aliphatic carbocycles. The van der Waals surface area contributed by atoms with Gasteiger partial charge >= 0.3 is 17.9 Å². The molecule has 1 unspecified atom stereocenters. The van der Waals surface area contributed by atoms with Crippen molar-refractivity contribution in [3.8, 4) is 0 Å². The van der Waals surface area contributed by atoms with Crippen LogP contribution in [0.25, 0.3) is 0 Å². The Morgan fingerprint density at radius 3 is 1.19 bits per heavy atom. The van der Waals surface area contributed by atoms with Crippen molar-refractivity contribution in [2.75, 3.05) is 13.2 Å². The standard InChI is InChI=1S/C57H96O6/c1-4-7-10-13-16-19-22-25-27-28-30-32-35-38-41-44-47-50-56(59)62-53-54(52-61-55(58)49-46-43-40-37-34-31-24-21-18-15-12-9-6-3)63-57(60)51-48-45-42-39-36-33-29-26-23-20-17-14-11-8-5-2/h8,11,14,16-17,19-20,23,25,27,30,32,38,41,54H,4-7,9-10,12-13,15,18,21-22,24,26,28-29,31,33-37,39-40,42-53H2,1-3H3/b11-8-,17-14-,19-16-,23-20-,27-25-,32-30-,41-38-. The molecule has 6 nitrogen and oxygen atoms in total. The topological polar surface area (TPSA) is 78.9 Å². The van der Waals surface area contributed by atoms with Crippen LogP contribution in [0.2, 0.25) is 0 Å². The third-order valence-electron chi connectivity index (χ3n) is 10.9. The Hall–Kier alpha value is -3.41. The number of hydrogen-bond acceptors (Lipinski definition) is 6. The highest BCUT2D eigenvalue weighted by Gasteiger charge is 2.19. The first-order valence-corrected chi connectivity index (χ1v) is 26.1. The van der Waals surface area contributed by atoms with Crippen molar-refractivity contribution in [2.24, 2.45) is 0 Å². The SMILES string of the molecule is CC\C=C/C=C\C=C/CCCCCCCCCC(=O)OC(COC(=O)CCC/C=C\C/C=C\C/C=C\C/C=C\CCCCC)COC(=O)CCCCCCCCCCCCCCC. The van der Waals surface area contributed by atoms with Gasteiger partial charge in [0, 0.05) is 19.3 Å². The van der Waals surface area contributed by atoms with E-state index in [2.05, 4.69) is 106 Å². The maximum Gasteiger partial charge on any atom is 0.306 e. The molecule has 0 radical (unpaired) electrons. The number of unbranched alkanes of at least 4 members (excludes halogenated alkanes) is 23. The zero-order chi connectivity index (χ0) is 45.8.